The van der Waals surface area contributed by atoms with Gasteiger partial charge in [-0.05, 0) is 66.1 Å². The third-order valence-corrected chi connectivity index (χ3v) is 8.49. The minimum Gasteiger partial charge on any atom is -0.466 e. The van der Waals surface area contributed by atoms with Crippen molar-refractivity contribution in [3.05, 3.63) is 34.8 Å². The van der Waals surface area contributed by atoms with Crippen LogP contribution in [0.15, 0.2) is 22.3 Å². The van der Waals surface area contributed by atoms with E-state index in [-0.39, 0.29) is 35.9 Å². The third kappa shape index (κ3) is 1.75. The molecule has 1 N–H and O–H groups in total. The Kier molecular flexibility index (Phi) is 3.18. The SMILES string of the molecule is CC(C)C12OC1C=C1C3(C)CCc4c(coc4CO)C3CC3OC13C2OS. The zero-order valence-corrected chi connectivity index (χ0v) is 16.8. The zero-order valence-electron chi connectivity index (χ0n) is 15.9. The van der Waals surface area contributed by atoms with Crippen LogP contribution in [0.2, 0.25) is 0 Å². The highest BCUT2D eigenvalue weighted by Gasteiger charge is 2.83. The van der Waals surface area contributed by atoms with Gasteiger partial charge < -0.3 is 23.2 Å². The molecule has 1 spiro atoms. The average Bonchev–Trinajstić information content (AvgIpc) is 3.51. The van der Waals surface area contributed by atoms with Crippen LogP contribution in [0.25, 0.3) is 0 Å². The van der Waals surface area contributed by atoms with E-state index in [1.54, 1.807) is 0 Å². The maximum Gasteiger partial charge on any atom is 0.147 e. The molecule has 6 heteroatoms. The molecule has 6 rings (SSSR count). The van der Waals surface area contributed by atoms with Gasteiger partial charge in [-0.15, -0.1) is 0 Å². The molecule has 5 aliphatic rings. The van der Waals surface area contributed by atoms with E-state index in [9.17, 15) is 5.11 Å². The molecule has 1 aromatic heterocycles. The van der Waals surface area contributed by atoms with E-state index in [0.717, 1.165) is 25.0 Å². The number of aliphatic hydroxyl groups is 1. The van der Waals surface area contributed by atoms with Crippen LogP contribution >= 0.6 is 12.9 Å². The Balaban J connectivity index is 1.49. The second-order valence-electron chi connectivity index (χ2n) is 9.47. The second-order valence-corrected chi connectivity index (χ2v) is 9.68. The van der Waals surface area contributed by atoms with Crippen molar-refractivity contribution in [1.82, 2.24) is 0 Å². The summed E-state index contributed by atoms with van der Waals surface area (Å²) in [5.74, 6) is 1.39. The Morgan fingerprint density at radius 3 is 2.89 bits per heavy atom. The Bertz CT molecular complexity index is 861. The molecule has 2 saturated heterocycles. The van der Waals surface area contributed by atoms with Crippen molar-refractivity contribution >= 4 is 12.9 Å². The summed E-state index contributed by atoms with van der Waals surface area (Å²) in [7, 11) is 0. The van der Waals surface area contributed by atoms with Crippen LogP contribution < -0.4 is 0 Å². The lowest BCUT2D eigenvalue weighted by molar-refractivity contribution is 0.0207. The van der Waals surface area contributed by atoms with Gasteiger partial charge in [0.1, 0.15) is 35.8 Å². The van der Waals surface area contributed by atoms with Crippen molar-refractivity contribution in [1.29, 1.82) is 0 Å². The van der Waals surface area contributed by atoms with Gasteiger partial charge in [-0.1, -0.05) is 26.8 Å². The molecule has 27 heavy (non-hydrogen) atoms. The lowest BCUT2D eigenvalue weighted by Gasteiger charge is -2.51. The fraction of sp³-hybridized carbons (Fsp3) is 0.714. The number of hydrogen-bond acceptors (Lipinski definition) is 6. The van der Waals surface area contributed by atoms with Gasteiger partial charge in [0.05, 0.1) is 12.4 Å². The van der Waals surface area contributed by atoms with Crippen LogP contribution in [-0.2, 0) is 26.7 Å². The van der Waals surface area contributed by atoms with E-state index in [0.29, 0.717) is 11.8 Å². The highest BCUT2D eigenvalue weighted by Crippen LogP contribution is 2.73. The maximum atomic E-state index is 9.61. The highest BCUT2D eigenvalue weighted by molar-refractivity contribution is 7.75. The van der Waals surface area contributed by atoms with E-state index in [1.165, 1.54) is 16.7 Å². The minimum absolute atomic E-state index is 0.0176. The second kappa shape index (κ2) is 5.03. The topological polar surface area (TPSA) is 67.7 Å². The number of hydrogen-bond donors (Lipinski definition) is 2. The molecule has 0 bridgehead atoms. The molecule has 1 aromatic rings. The number of rotatable bonds is 3. The van der Waals surface area contributed by atoms with Crippen molar-refractivity contribution < 1.29 is 23.2 Å². The van der Waals surface area contributed by atoms with Gasteiger partial charge in [0.15, 0.2) is 0 Å². The van der Waals surface area contributed by atoms with Gasteiger partial charge in [-0.25, -0.2) is 0 Å². The summed E-state index contributed by atoms with van der Waals surface area (Å²) in [6.45, 7) is 6.70. The normalized spacial score (nSPS) is 48.7. The molecule has 0 aromatic carbocycles. The molecule has 146 valence electrons. The van der Waals surface area contributed by atoms with Crippen LogP contribution in [0.3, 0.4) is 0 Å². The summed E-state index contributed by atoms with van der Waals surface area (Å²) in [6, 6.07) is 0. The number of ether oxygens (including phenoxy) is 2. The molecule has 2 aliphatic heterocycles. The number of aliphatic hydroxyl groups excluding tert-OH is 1. The first-order valence-electron chi connectivity index (χ1n) is 10.0. The van der Waals surface area contributed by atoms with Crippen molar-refractivity contribution in [2.45, 2.75) is 82.1 Å². The van der Waals surface area contributed by atoms with Crippen molar-refractivity contribution in [3.63, 3.8) is 0 Å². The first-order chi connectivity index (χ1) is 12.9. The van der Waals surface area contributed by atoms with Gasteiger partial charge in [0, 0.05) is 0 Å². The molecule has 3 aliphatic carbocycles. The molecule has 7 unspecified atom stereocenters. The summed E-state index contributed by atoms with van der Waals surface area (Å²) < 4.78 is 24.2. The van der Waals surface area contributed by atoms with E-state index >= 15 is 0 Å². The molecular formula is C21H26O5S. The first-order valence-corrected chi connectivity index (χ1v) is 10.4. The van der Waals surface area contributed by atoms with E-state index in [2.05, 4.69) is 39.8 Å². The van der Waals surface area contributed by atoms with E-state index in [1.807, 2.05) is 6.26 Å². The van der Waals surface area contributed by atoms with Gasteiger partial charge in [0.25, 0.3) is 0 Å². The van der Waals surface area contributed by atoms with E-state index in [4.69, 9.17) is 18.1 Å². The van der Waals surface area contributed by atoms with Crippen LogP contribution in [0.4, 0.5) is 0 Å². The van der Waals surface area contributed by atoms with Gasteiger partial charge in [-0.2, -0.15) is 0 Å². The Morgan fingerprint density at radius 1 is 1.37 bits per heavy atom. The number of furan rings is 1. The fourth-order valence-corrected chi connectivity index (χ4v) is 7.07. The predicted octanol–water partition coefficient (Wildman–Crippen LogP) is 3.31. The Hall–Kier alpha value is -0.790. The monoisotopic (exact) mass is 390 g/mol. The lowest BCUT2D eigenvalue weighted by Crippen LogP contribution is -2.57. The molecular weight excluding hydrogens is 364 g/mol. The molecule has 3 fully saturated rings. The molecule has 3 heterocycles. The smallest absolute Gasteiger partial charge is 0.147 e. The molecule has 5 nitrogen and oxygen atoms in total. The molecule has 0 amide bonds. The van der Waals surface area contributed by atoms with Gasteiger partial charge >= 0.3 is 0 Å². The van der Waals surface area contributed by atoms with Crippen molar-refractivity contribution in [2.24, 2.45) is 11.3 Å². The van der Waals surface area contributed by atoms with Crippen LogP contribution in [0.1, 0.15) is 56.4 Å². The highest BCUT2D eigenvalue weighted by atomic mass is 32.1. The summed E-state index contributed by atoms with van der Waals surface area (Å²) >= 11 is 4.27. The zero-order chi connectivity index (χ0) is 18.8. The summed E-state index contributed by atoms with van der Waals surface area (Å²) in [5.41, 5.74) is 3.06. The van der Waals surface area contributed by atoms with Crippen LogP contribution in [0, 0.1) is 11.3 Å². The lowest BCUT2D eigenvalue weighted by atomic mass is 9.51. The summed E-state index contributed by atoms with van der Waals surface area (Å²) in [4.78, 5) is 0. The third-order valence-electron chi connectivity index (χ3n) is 8.28. The van der Waals surface area contributed by atoms with Crippen LogP contribution in [0.5, 0.6) is 0 Å². The minimum atomic E-state index is -0.398. The van der Waals surface area contributed by atoms with Crippen LogP contribution in [-0.4, -0.2) is 34.6 Å². The first kappa shape index (κ1) is 17.1. The quantitative estimate of drug-likeness (QED) is 0.359. The number of epoxide rings is 2. The van der Waals surface area contributed by atoms with E-state index < -0.39 is 5.60 Å². The van der Waals surface area contributed by atoms with Gasteiger partial charge in [-0.3, -0.25) is 0 Å². The Labute approximate surface area is 164 Å². The summed E-state index contributed by atoms with van der Waals surface area (Å²) in [5, 5.41) is 9.61. The standard InChI is InChI=1S/C21H26O5S/c1-10(2)20-17(24-20)7-15-19(3)5-4-11-12(9-23-14(11)8-22)13(19)6-16-21(15,25-16)18(20)26-27/h7,9-10,13,16-18,22,27H,4-6,8H2,1-3H3. The van der Waals surface area contributed by atoms with Crippen molar-refractivity contribution in [2.75, 3.05) is 0 Å². The fourth-order valence-electron chi connectivity index (χ4n) is 6.75. The Morgan fingerprint density at radius 2 is 2.19 bits per heavy atom. The van der Waals surface area contributed by atoms with Gasteiger partial charge in [0.2, 0.25) is 0 Å². The molecule has 7 atom stereocenters. The number of fused-ring (bicyclic) bond motifs is 5. The average molecular weight is 391 g/mol. The van der Waals surface area contributed by atoms with Crippen molar-refractivity contribution in [3.8, 4) is 0 Å². The summed E-state index contributed by atoms with van der Waals surface area (Å²) in [6.07, 6.45) is 7.10. The molecule has 1 saturated carbocycles. The number of thiol groups is 1. The molecule has 0 radical (unpaired) electrons. The maximum absolute atomic E-state index is 9.61. The predicted molar refractivity (Wildman–Crippen MR) is 100 cm³/mol. The largest absolute Gasteiger partial charge is 0.466 e.